The smallest absolute Gasteiger partial charge is 0.261 e. The molecule has 2 amide bonds. The summed E-state index contributed by atoms with van der Waals surface area (Å²) in [5.74, 6) is 0.110. The Morgan fingerprint density at radius 2 is 2.26 bits per heavy atom. The minimum absolute atomic E-state index is 0.137. The molecule has 0 aromatic carbocycles. The summed E-state index contributed by atoms with van der Waals surface area (Å²) in [7, 11) is 0. The summed E-state index contributed by atoms with van der Waals surface area (Å²) in [5, 5.41) is 11.3. The lowest BCUT2D eigenvalue weighted by Crippen LogP contribution is -2.32. The molecular weight excluding hydrogens is 334 g/mol. The largest absolute Gasteiger partial charge is 0.342 e. The lowest BCUT2D eigenvalue weighted by atomic mass is 10.4. The van der Waals surface area contributed by atoms with Gasteiger partial charge in [0.05, 0.1) is 15.2 Å². The van der Waals surface area contributed by atoms with Gasteiger partial charge in [0.15, 0.2) is 0 Å². The Hall–Kier alpha value is -1.74. The van der Waals surface area contributed by atoms with E-state index in [2.05, 4.69) is 41.7 Å². The monoisotopic (exact) mass is 343 g/mol. The fourth-order valence-corrected chi connectivity index (χ4v) is 2.55. The zero-order valence-corrected chi connectivity index (χ0v) is 12.3. The van der Waals surface area contributed by atoms with Gasteiger partial charge in [-0.1, -0.05) is 0 Å². The molecule has 100 valence electrons. The fourth-order valence-electron chi connectivity index (χ4n) is 1.25. The van der Waals surface area contributed by atoms with Gasteiger partial charge in [-0.05, 0) is 35.0 Å². The van der Waals surface area contributed by atoms with Crippen LogP contribution < -0.4 is 10.6 Å². The van der Waals surface area contributed by atoms with Gasteiger partial charge in [-0.15, -0.1) is 16.4 Å². The van der Waals surface area contributed by atoms with Crippen molar-refractivity contribution in [1.82, 2.24) is 20.5 Å². The molecule has 7 nitrogen and oxygen atoms in total. The van der Waals surface area contributed by atoms with Crippen LogP contribution in [0, 0.1) is 6.92 Å². The maximum atomic E-state index is 11.7. The molecule has 0 atom stereocenters. The summed E-state index contributed by atoms with van der Waals surface area (Å²) in [5.41, 5.74) is 0. The fraction of sp³-hybridized carbons (Fsp3) is 0.200. The van der Waals surface area contributed by atoms with Crippen molar-refractivity contribution in [2.24, 2.45) is 0 Å². The number of thiophene rings is 1. The highest BCUT2D eigenvalue weighted by atomic mass is 79.9. The Morgan fingerprint density at radius 1 is 1.47 bits per heavy atom. The zero-order chi connectivity index (χ0) is 13.8. The Bertz CT molecular complexity index is 609. The van der Waals surface area contributed by atoms with Gasteiger partial charge in [-0.2, -0.15) is 4.98 Å². The number of amides is 2. The van der Waals surface area contributed by atoms with Crippen molar-refractivity contribution in [3.05, 3.63) is 26.6 Å². The van der Waals surface area contributed by atoms with E-state index < -0.39 is 0 Å². The van der Waals surface area contributed by atoms with Gasteiger partial charge >= 0.3 is 0 Å². The molecule has 0 radical (unpaired) electrons. The number of nitrogens with zero attached hydrogens (tertiary/aromatic N) is 2. The number of rotatable bonds is 4. The van der Waals surface area contributed by atoms with Crippen molar-refractivity contribution in [2.75, 3.05) is 11.9 Å². The molecule has 0 saturated carbocycles. The minimum atomic E-state index is -0.386. The van der Waals surface area contributed by atoms with Crippen LogP contribution in [0.15, 0.2) is 15.9 Å². The van der Waals surface area contributed by atoms with Crippen LogP contribution in [0.3, 0.4) is 0 Å². The van der Waals surface area contributed by atoms with E-state index in [-0.39, 0.29) is 24.3 Å². The molecule has 0 aliphatic heterocycles. The summed E-state index contributed by atoms with van der Waals surface area (Å²) in [6.07, 6.45) is 0. The van der Waals surface area contributed by atoms with E-state index in [0.717, 1.165) is 3.79 Å². The highest BCUT2D eigenvalue weighted by molar-refractivity contribution is 9.11. The predicted molar refractivity (Wildman–Crippen MR) is 74.1 cm³/mol. The third kappa shape index (κ3) is 3.86. The van der Waals surface area contributed by atoms with E-state index in [0.29, 0.717) is 10.7 Å². The van der Waals surface area contributed by atoms with Gasteiger partial charge in [0, 0.05) is 0 Å². The standard InChI is InChI=1S/C10H10BrN5O2S/c1-5-13-10(16-15-5)14-8(17)4-12-9(18)6-2-3-7(11)19-6/h2-3H,4H2,1H3,(H,12,18)(H2,13,14,15,16,17). The third-order valence-corrected chi connectivity index (χ3v) is 3.68. The lowest BCUT2D eigenvalue weighted by Gasteiger charge is -2.02. The first-order valence-corrected chi connectivity index (χ1v) is 6.88. The number of hydrogen-bond acceptors (Lipinski definition) is 5. The molecular formula is C10H10BrN5O2S. The second-order valence-corrected chi connectivity index (χ2v) is 6.04. The highest BCUT2D eigenvalue weighted by Crippen LogP contribution is 2.21. The molecule has 0 fully saturated rings. The molecule has 0 saturated heterocycles. The van der Waals surface area contributed by atoms with Crippen LogP contribution in [0.25, 0.3) is 0 Å². The Labute approximate surface area is 120 Å². The summed E-state index contributed by atoms with van der Waals surface area (Å²) in [4.78, 5) is 27.7. The van der Waals surface area contributed by atoms with E-state index in [1.807, 2.05) is 0 Å². The van der Waals surface area contributed by atoms with Crippen molar-refractivity contribution in [3.8, 4) is 0 Å². The number of halogens is 1. The van der Waals surface area contributed by atoms with Gasteiger partial charge < -0.3 is 5.32 Å². The van der Waals surface area contributed by atoms with Gasteiger partial charge in [0.25, 0.3) is 5.91 Å². The number of carbonyl (C=O) groups excluding carboxylic acids is 2. The first kappa shape index (κ1) is 13.7. The number of carbonyl (C=O) groups is 2. The lowest BCUT2D eigenvalue weighted by molar-refractivity contribution is -0.115. The van der Waals surface area contributed by atoms with Crippen LogP contribution in [-0.2, 0) is 4.79 Å². The van der Waals surface area contributed by atoms with Crippen LogP contribution in [0.1, 0.15) is 15.5 Å². The van der Waals surface area contributed by atoms with Gasteiger partial charge in [-0.25, -0.2) is 0 Å². The van der Waals surface area contributed by atoms with Crippen LogP contribution in [0.5, 0.6) is 0 Å². The molecule has 3 N–H and O–H groups in total. The topological polar surface area (TPSA) is 99.8 Å². The second kappa shape index (κ2) is 5.93. The van der Waals surface area contributed by atoms with E-state index in [4.69, 9.17) is 0 Å². The van der Waals surface area contributed by atoms with Crippen LogP contribution in [0.4, 0.5) is 5.95 Å². The predicted octanol–water partition coefficient (Wildman–Crippen LogP) is 1.31. The molecule has 2 heterocycles. The minimum Gasteiger partial charge on any atom is -0.342 e. The number of aromatic nitrogens is 3. The average Bonchev–Trinajstić information content (AvgIpc) is 2.95. The summed E-state index contributed by atoms with van der Waals surface area (Å²) in [6.45, 7) is 1.58. The van der Waals surface area contributed by atoms with Crippen molar-refractivity contribution < 1.29 is 9.59 Å². The molecule has 0 unspecified atom stereocenters. The van der Waals surface area contributed by atoms with Crippen molar-refractivity contribution >= 4 is 45.0 Å². The molecule has 19 heavy (non-hydrogen) atoms. The molecule has 0 bridgehead atoms. The Kier molecular flexibility index (Phi) is 4.27. The van der Waals surface area contributed by atoms with Crippen molar-refractivity contribution in [1.29, 1.82) is 0 Å². The average molecular weight is 344 g/mol. The summed E-state index contributed by atoms with van der Waals surface area (Å²) < 4.78 is 0.860. The number of hydrogen-bond donors (Lipinski definition) is 3. The first-order chi connectivity index (χ1) is 9.04. The van der Waals surface area contributed by atoms with Crippen LogP contribution in [0.2, 0.25) is 0 Å². The van der Waals surface area contributed by atoms with Gasteiger partial charge in [0.2, 0.25) is 11.9 Å². The molecule has 0 spiro atoms. The molecule has 0 aliphatic carbocycles. The van der Waals surface area contributed by atoms with Crippen LogP contribution in [-0.4, -0.2) is 33.5 Å². The van der Waals surface area contributed by atoms with Crippen molar-refractivity contribution in [3.63, 3.8) is 0 Å². The highest BCUT2D eigenvalue weighted by Gasteiger charge is 2.11. The zero-order valence-electron chi connectivity index (χ0n) is 9.86. The Balaban J connectivity index is 1.82. The van der Waals surface area contributed by atoms with E-state index in [1.54, 1.807) is 19.1 Å². The van der Waals surface area contributed by atoms with E-state index in [1.165, 1.54) is 11.3 Å². The summed E-state index contributed by atoms with van der Waals surface area (Å²) >= 11 is 4.56. The molecule has 2 rings (SSSR count). The first-order valence-electron chi connectivity index (χ1n) is 5.27. The normalized spacial score (nSPS) is 10.2. The molecule has 0 aliphatic rings. The quantitative estimate of drug-likeness (QED) is 0.779. The van der Waals surface area contributed by atoms with E-state index >= 15 is 0 Å². The van der Waals surface area contributed by atoms with Gasteiger partial charge in [0.1, 0.15) is 5.82 Å². The Morgan fingerprint density at radius 3 is 2.84 bits per heavy atom. The maximum absolute atomic E-state index is 11.7. The molecule has 9 heteroatoms. The number of anilines is 1. The number of H-pyrrole nitrogens is 1. The third-order valence-electron chi connectivity index (χ3n) is 2.05. The number of aromatic amines is 1. The number of aryl methyl sites for hydroxylation is 1. The van der Waals surface area contributed by atoms with E-state index in [9.17, 15) is 9.59 Å². The number of nitrogens with one attached hydrogen (secondary N) is 3. The summed E-state index contributed by atoms with van der Waals surface area (Å²) in [6, 6.07) is 3.46. The second-order valence-electron chi connectivity index (χ2n) is 3.58. The molecule has 2 aromatic rings. The van der Waals surface area contributed by atoms with Crippen molar-refractivity contribution in [2.45, 2.75) is 6.92 Å². The molecule has 2 aromatic heterocycles. The SMILES string of the molecule is Cc1nc(NC(=O)CNC(=O)c2ccc(Br)s2)n[nH]1. The van der Waals surface area contributed by atoms with Gasteiger partial charge in [-0.3, -0.25) is 20.0 Å². The maximum Gasteiger partial charge on any atom is 0.261 e. The van der Waals surface area contributed by atoms with Crippen LogP contribution >= 0.6 is 27.3 Å².